The van der Waals surface area contributed by atoms with Gasteiger partial charge in [0.1, 0.15) is 5.69 Å². The second kappa shape index (κ2) is 11.1. The van der Waals surface area contributed by atoms with E-state index in [1.165, 1.54) is 4.68 Å². The molecule has 14 heteroatoms. The fourth-order valence-electron chi connectivity index (χ4n) is 4.34. The molecule has 0 atom stereocenters. The Morgan fingerprint density at radius 2 is 1.68 bits per heavy atom. The Balaban J connectivity index is 1.77. The molecule has 0 spiro atoms. The summed E-state index contributed by atoms with van der Waals surface area (Å²) in [5, 5.41) is 24.0. The lowest BCUT2D eigenvalue weighted by Gasteiger charge is -2.30. The fourth-order valence-corrected chi connectivity index (χ4v) is 6.07. The van der Waals surface area contributed by atoms with Gasteiger partial charge in [-0.2, -0.15) is 15.3 Å². The van der Waals surface area contributed by atoms with E-state index in [0.29, 0.717) is 35.0 Å². The van der Waals surface area contributed by atoms with Crippen molar-refractivity contribution >= 4 is 24.7 Å². The number of rotatable bonds is 10. The summed E-state index contributed by atoms with van der Waals surface area (Å²) in [6.45, 7) is 14.7. The summed E-state index contributed by atoms with van der Waals surface area (Å²) in [4.78, 5) is 16.6. The molecule has 0 amide bonds. The predicted octanol–water partition coefficient (Wildman–Crippen LogP) is 5.36. The van der Waals surface area contributed by atoms with E-state index in [0.717, 1.165) is 11.1 Å². The zero-order chi connectivity index (χ0) is 30.3. The van der Waals surface area contributed by atoms with Crippen LogP contribution in [-0.2, 0) is 44.9 Å². The average molecular weight is 588 g/mol. The summed E-state index contributed by atoms with van der Waals surface area (Å²) >= 11 is 0. The number of phosphoric acid groups is 1. The highest BCUT2D eigenvalue weighted by molar-refractivity contribution is 7.48. The van der Waals surface area contributed by atoms with E-state index in [2.05, 4.69) is 15.3 Å². The highest BCUT2D eigenvalue weighted by Crippen LogP contribution is 2.55. The Morgan fingerprint density at radius 3 is 2.27 bits per heavy atom. The maximum atomic E-state index is 13.7. The number of carboxylic acid groups (broad SMARTS) is 1. The number of phosphoric ester groups is 1. The number of carboxylic acids is 1. The number of nitrogens with zero attached hydrogens (tertiary/aromatic N) is 7. The summed E-state index contributed by atoms with van der Waals surface area (Å²) in [5.74, 6) is -0.198. The van der Waals surface area contributed by atoms with Crippen LogP contribution in [0.5, 0.6) is 0 Å². The molecule has 4 rings (SSSR count). The lowest BCUT2D eigenvalue weighted by Crippen LogP contribution is -2.25. The standard InChI is InChI=1S/C27H38N7O6P/c1-10-33-22(11-17(2)30-33)24-29-23(14-18-12-19(25(35)36)13-21-20(18)15-28-32(21)9)31-34(24)16-38-41(37,39-26(3,4)5)40-27(6,7)8/h11-13,15H,10,14,16H2,1-9H3,(H,35,36). The van der Waals surface area contributed by atoms with Crippen molar-refractivity contribution in [3.8, 4) is 11.5 Å². The van der Waals surface area contributed by atoms with Gasteiger partial charge in [0, 0.05) is 25.4 Å². The zero-order valence-electron chi connectivity index (χ0n) is 25.0. The van der Waals surface area contributed by atoms with Crippen LogP contribution in [0.4, 0.5) is 0 Å². The quantitative estimate of drug-likeness (QED) is 0.240. The molecule has 0 fully saturated rings. The first-order chi connectivity index (χ1) is 19.0. The van der Waals surface area contributed by atoms with Gasteiger partial charge in [-0.3, -0.25) is 22.9 Å². The Hall–Kier alpha value is -3.38. The van der Waals surface area contributed by atoms with Crippen LogP contribution in [0.1, 0.15) is 75.9 Å². The average Bonchev–Trinajstić information content (AvgIpc) is 3.51. The number of aromatic carboxylic acids is 1. The van der Waals surface area contributed by atoms with E-state index in [1.54, 1.807) is 76.3 Å². The summed E-state index contributed by atoms with van der Waals surface area (Å²) < 4.78 is 36.0. The van der Waals surface area contributed by atoms with Gasteiger partial charge in [0.15, 0.2) is 18.4 Å². The van der Waals surface area contributed by atoms with Crippen molar-refractivity contribution in [1.29, 1.82) is 0 Å². The first kappa shape index (κ1) is 30.6. The van der Waals surface area contributed by atoms with Gasteiger partial charge in [0.05, 0.1) is 34.2 Å². The molecule has 3 aromatic heterocycles. The summed E-state index contributed by atoms with van der Waals surface area (Å²) in [5.41, 5.74) is 1.40. The molecule has 222 valence electrons. The number of benzene rings is 1. The highest BCUT2D eigenvalue weighted by atomic mass is 31.2. The molecule has 0 saturated heterocycles. The second-order valence-corrected chi connectivity index (χ2v) is 13.3. The molecule has 4 aromatic rings. The summed E-state index contributed by atoms with van der Waals surface area (Å²) in [6.07, 6.45) is 1.91. The second-order valence-electron chi connectivity index (χ2n) is 11.8. The monoisotopic (exact) mass is 587 g/mol. The smallest absolute Gasteiger partial charge is 0.477 e. The van der Waals surface area contributed by atoms with Crippen LogP contribution in [0.15, 0.2) is 24.4 Å². The highest BCUT2D eigenvalue weighted by Gasteiger charge is 2.37. The van der Waals surface area contributed by atoms with Crippen LogP contribution in [-0.4, -0.2) is 56.6 Å². The third-order valence-electron chi connectivity index (χ3n) is 5.80. The van der Waals surface area contributed by atoms with Crippen molar-refractivity contribution in [3.63, 3.8) is 0 Å². The van der Waals surface area contributed by atoms with Gasteiger partial charge >= 0.3 is 13.8 Å². The van der Waals surface area contributed by atoms with E-state index in [1.807, 2.05) is 19.9 Å². The minimum absolute atomic E-state index is 0.137. The van der Waals surface area contributed by atoms with E-state index >= 15 is 0 Å². The van der Waals surface area contributed by atoms with E-state index in [-0.39, 0.29) is 18.7 Å². The van der Waals surface area contributed by atoms with E-state index in [4.69, 9.17) is 18.6 Å². The number of aryl methyl sites for hydroxylation is 3. The first-order valence-corrected chi connectivity index (χ1v) is 14.8. The number of fused-ring (bicyclic) bond motifs is 1. The van der Waals surface area contributed by atoms with Gasteiger partial charge in [-0.25, -0.2) is 19.0 Å². The van der Waals surface area contributed by atoms with Crippen molar-refractivity contribution in [1.82, 2.24) is 34.3 Å². The minimum atomic E-state index is -4.04. The largest absolute Gasteiger partial charge is 0.478 e. The SMILES string of the molecule is CCn1nc(C)cc1-c1nc(Cc2cc(C(=O)O)cc3c2cnn3C)nn1COP(=O)(OC(C)(C)C)OC(C)(C)C. The molecule has 1 N–H and O–H groups in total. The third kappa shape index (κ3) is 7.28. The number of hydrogen-bond acceptors (Lipinski definition) is 9. The van der Waals surface area contributed by atoms with Crippen LogP contribution >= 0.6 is 7.82 Å². The van der Waals surface area contributed by atoms with Gasteiger partial charge in [-0.1, -0.05) is 0 Å². The van der Waals surface area contributed by atoms with Gasteiger partial charge in [0.25, 0.3) is 0 Å². The Bertz CT molecular complexity index is 1600. The van der Waals surface area contributed by atoms with Crippen molar-refractivity contribution < 1.29 is 28.0 Å². The van der Waals surface area contributed by atoms with Gasteiger partial charge in [0.2, 0.25) is 0 Å². The molecule has 1 aromatic carbocycles. The predicted molar refractivity (Wildman–Crippen MR) is 153 cm³/mol. The summed E-state index contributed by atoms with van der Waals surface area (Å²) in [7, 11) is -2.29. The third-order valence-corrected chi connectivity index (χ3v) is 7.78. The maximum absolute atomic E-state index is 13.7. The molecule has 0 unspecified atom stereocenters. The number of aromatic nitrogens is 7. The van der Waals surface area contributed by atoms with Crippen molar-refractivity contribution in [2.45, 2.75) is 86.3 Å². The van der Waals surface area contributed by atoms with Crippen LogP contribution in [0, 0.1) is 6.92 Å². The maximum Gasteiger partial charge on any atom is 0.477 e. The van der Waals surface area contributed by atoms with Crippen molar-refractivity contribution in [2.75, 3.05) is 0 Å². The molecular formula is C27H38N7O6P. The van der Waals surface area contributed by atoms with Crippen LogP contribution in [0.25, 0.3) is 22.4 Å². The normalized spacial score (nSPS) is 12.9. The molecule has 0 saturated carbocycles. The molecule has 0 aliphatic carbocycles. The Morgan fingerprint density at radius 1 is 1.02 bits per heavy atom. The molecule has 0 bridgehead atoms. The summed E-state index contributed by atoms with van der Waals surface area (Å²) in [6, 6.07) is 5.07. The first-order valence-electron chi connectivity index (χ1n) is 13.3. The Kier molecular flexibility index (Phi) is 8.30. The number of carbonyl (C=O) groups is 1. The lowest BCUT2D eigenvalue weighted by atomic mass is 10.0. The van der Waals surface area contributed by atoms with Crippen LogP contribution in [0.2, 0.25) is 0 Å². The fraction of sp³-hybridized carbons (Fsp3) is 0.519. The van der Waals surface area contributed by atoms with Gasteiger partial charge in [-0.05, 0) is 79.2 Å². The number of hydrogen-bond donors (Lipinski definition) is 1. The molecular weight excluding hydrogens is 549 g/mol. The lowest BCUT2D eigenvalue weighted by molar-refractivity contribution is -0.00745. The van der Waals surface area contributed by atoms with Crippen LogP contribution in [0.3, 0.4) is 0 Å². The van der Waals surface area contributed by atoms with Crippen LogP contribution < -0.4 is 0 Å². The van der Waals surface area contributed by atoms with Crippen molar-refractivity contribution in [2.24, 2.45) is 7.05 Å². The Labute approximate surface area is 239 Å². The molecule has 3 heterocycles. The van der Waals surface area contributed by atoms with Crippen molar-refractivity contribution in [3.05, 3.63) is 47.0 Å². The van der Waals surface area contributed by atoms with E-state index in [9.17, 15) is 14.5 Å². The zero-order valence-corrected chi connectivity index (χ0v) is 25.9. The minimum Gasteiger partial charge on any atom is -0.478 e. The van der Waals surface area contributed by atoms with E-state index < -0.39 is 25.0 Å². The molecule has 0 aliphatic rings. The molecule has 41 heavy (non-hydrogen) atoms. The topological polar surface area (TPSA) is 148 Å². The van der Waals surface area contributed by atoms with Gasteiger partial charge < -0.3 is 5.11 Å². The molecule has 0 radical (unpaired) electrons. The molecule has 13 nitrogen and oxygen atoms in total. The van der Waals surface area contributed by atoms with Gasteiger partial charge in [-0.15, -0.1) is 0 Å². The molecule has 0 aliphatic heterocycles.